The average molecular weight is 299 g/mol. The fourth-order valence-electron chi connectivity index (χ4n) is 3.96. The molecule has 1 aromatic rings. The van der Waals surface area contributed by atoms with Crippen molar-refractivity contribution in [3.05, 3.63) is 35.4 Å². The molecule has 22 heavy (non-hydrogen) atoms. The van der Waals surface area contributed by atoms with Crippen molar-refractivity contribution in [1.29, 1.82) is 0 Å². The van der Waals surface area contributed by atoms with E-state index < -0.39 is 0 Å². The zero-order valence-corrected chi connectivity index (χ0v) is 14.1. The third-order valence-corrected chi connectivity index (χ3v) is 5.75. The minimum absolute atomic E-state index is 0.0331. The zero-order chi connectivity index (χ0) is 15.6. The van der Waals surface area contributed by atoms with Crippen molar-refractivity contribution in [1.82, 2.24) is 4.90 Å². The van der Waals surface area contributed by atoms with Crippen molar-refractivity contribution in [3.8, 4) is 0 Å². The summed E-state index contributed by atoms with van der Waals surface area (Å²) in [5.74, 6) is 1.05. The summed E-state index contributed by atoms with van der Waals surface area (Å²) in [5, 5.41) is 0. The molecule has 120 valence electrons. The van der Waals surface area contributed by atoms with Crippen LogP contribution in [0, 0.1) is 5.41 Å². The molecule has 0 atom stereocenters. The van der Waals surface area contributed by atoms with Gasteiger partial charge in [-0.2, -0.15) is 0 Å². The van der Waals surface area contributed by atoms with Crippen molar-refractivity contribution in [2.24, 2.45) is 5.41 Å². The normalized spacial score (nSPS) is 21.5. The van der Waals surface area contributed by atoms with Gasteiger partial charge < -0.3 is 4.90 Å². The number of hydrogen-bond donors (Lipinski definition) is 0. The number of piperidine rings is 1. The second-order valence-corrected chi connectivity index (χ2v) is 7.47. The van der Waals surface area contributed by atoms with Crippen LogP contribution in [0.4, 0.5) is 0 Å². The quantitative estimate of drug-likeness (QED) is 0.799. The molecule has 2 nitrogen and oxygen atoms in total. The lowest BCUT2D eigenvalue weighted by atomic mass is 9.69. The monoisotopic (exact) mass is 299 g/mol. The molecule has 2 fully saturated rings. The largest absolute Gasteiger partial charge is 0.342 e. The fourth-order valence-corrected chi connectivity index (χ4v) is 3.96. The van der Waals surface area contributed by atoms with E-state index in [0.717, 1.165) is 38.8 Å². The average Bonchev–Trinajstić information content (AvgIpc) is 2.53. The van der Waals surface area contributed by atoms with Crippen LogP contribution < -0.4 is 0 Å². The molecule has 1 saturated carbocycles. The Balaban J connectivity index is 1.56. The second kappa shape index (κ2) is 6.44. The molecule has 1 aliphatic heterocycles. The molecule has 0 radical (unpaired) electrons. The van der Waals surface area contributed by atoms with Gasteiger partial charge in [0.05, 0.1) is 0 Å². The molecule has 0 N–H and O–H groups in total. The molecule has 1 amide bonds. The van der Waals surface area contributed by atoms with E-state index in [2.05, 4.69) is 43.0 Å². The van der Waals surface area contributed by atoms with Crippen molar-refractivity contribution in [2.75, 3.05) is 13.1 Å². The van der Waals surface area contributed by atoms with Gasteiger partial charge in [-0.3, -0.25) is 4.79 Å². The third-order valence-electron chi connectivity index (χ3n) is 5.75. The van der Waals surface area contributed by atoms with Crippen LogP contribution in [0.2, 0.25) is 0 Å². The molecule has 0 aromatic heterocycles. The lowest BCUT2D eigenvalue weighted by molar-refractivity contribution is -0.147. The highest BCUT2D eigenvalue weighted by Crippen LogP contribution is 2.42. The van der Waals surface area contributed by atoms with Gasteiger partial charge in [0.25, 0.3) is 0 Å². The van der Waals surface area contributed by atoms with E-state index in [4.69, 9.17) is 0 Å². The van der Waals surface area contributed by atoms with E-state index in [1.54, 1.807) is 0 Å². The summed E-state index contributed by atoms with van der Waals surface area (Å²) < 4.78 is 0. The molecule has 2 heteroatoms. The Morgan fingerprint density at radius 1 is 1.18 bits per heavy atom. The predicted octanol–water partition coefficient (Wildman–Crippen LogP) is 4.54. The van der Waals surface area contributed by atoms with Crippen LogP contribution in [0.25, 0.3) is 0 Å². The van der Waals surface area contributed by atoms with E-state index in [-0.39, 0.29) is 5.41 Å². The Kier molecular flexibility index (Phi) is 4.56. The van der Waals surface area contributed by atoms with Gasteiger partial charge in [0, 0.05) is 18.5 Å². The summed E-state index contributed by atoms with van der Waals surface area (Å²) in [4.78, 5) is 14.7. The maximum atomic E-state index is 12.6. The molecule has 2 aliphatic rings. The number of benzene rings is 1. The second-order valence-electron chi connectivity index (χ2n) is 7.47. The number of likely N-dealkylation sites (tertiary alicyclic amines) is 1. The van der Waals surface area contributed by atoms with Gasteiger partial charge in [-0.15, -0.1) is 0 Å². The summed E-state index contributed by atoms with van der Waals surface area (Å²) >= 11 is 0. The maximum Gasteiger partial charge on any atom is 0.228 e. The first-order valence-corrected chi connectivity index (χ1v) is 9.00. The minimum Gasteiger partial charge on any atom is -0.342 e. The molecule has 3 rings (SSSR count). The minimum atomic E-state index is -0.0331. The summed E-state index contributed by atoms with van der Waals surface area (Å²) in [6, 6.07) is 9.18. The Labute approximate surface area is 134 Å². The molecule has 1 aromatic carbocycles. The summed E-state index contributed by atoms with van der Waals surface area (Å²) in [6.07, 6.45) is 8.02. The zero-order valence-electron chi connectivity index (χ0n) is 14.1. The Morgan fingerprint density at radius 3 is 2.32 bits per heavy atom. The topological polar surface area (TPSA) is 20.3 Å². The number of rotatable bonds is 4. The van der Waals surface area contributed by atoms with Gasteiger partial charge in [0.15, 0.2) is 0 Å². The lowest BCUT2D eigenvalue weighted by Gasteiger charge is -2.43. The highest BCUT2D eigenvalue weighted by molar-refractivity contribution is 5.83. The first kappa shape index (κ1) is 15.6. The van der Waals surface area contributed by atoms with E-state index in [0.29, 0.717) is 11.8 Å². The first-order valence-electron chi connectivity index (χ1n) is 9.00. The van der Waals surface area contributed by atoms with Crippen LogP contribution in [0.5, 0.6) is 0 Å². The van der Waals surface area contributed by atoms with Gasteiger partial charge in [-0.25, -0.2) is 0 Å². The molecular formula is C20H29NO. The fraction of sp³-hybridized carbons (Fsp3) is 0.650. The molecule has 0 unspecified atom stereocenters. The Morgan fingerprint density at radius 2 is 1.82 bits per heavy atom. The molecule has 1 saturated heterocycles. The van der Waals surface area contributed by atoms with Crippen molar-refractivity contribution in [3.63, 3.8) is 0 Å². The molecule has 0 bridgehead atoms. The van der Waals surface area contributed by atoms with Crippen molar-refractivity contribution < 1.29 is 4.79 Å². The highest BCUT2D eigenvalue weighted by Gasteiger charge is 2.42. The number of aryl methyl sites for hydroxylation is 1. The van der Waals surface area contributed by atoms with Gasteiger partial charge >= 0.3 is 0 Å². The highest BCUT2D eigenvalue weighted by atomic mass is 16.2. The van der Waals surface area contributed by atoms with E-state index in [9.17, 15) is 4.79 Å². The number of hydrogen-bond acceptors (Lipinski definition) is 1. The SMILES string of the molecule is CCCc1ccc(C2CCN(C(=O)C3(C)CCC3)CC2)cc1. The maximum absolute atomic E-state index is 12.6. The van der Waals surface area contributed by atoms with Crippen molar-refractivity contribution in [2.45, 2.75) is 64.7 Å². The summed E-state index contributed by atoms with van der Waals surface area (Å²) in [7, 11) is 0. The van der Waals surface area contributed by atoms with Gasteiger partial charge in [-0.1, -0.05) is 51.0 Å². The predicted molar refractivity (Wildman–Crippen MR) is 91.0 cm³/mol. The smallest absolute Gasteiger partial charge is 0.228 e. The standard InChI is InChI=1S/C20H29NO/c1-3-5-16-6-8-17(9-7-16)18-10-14-21(15-11-18)19(22)20(2)12-4-13-20/h6-9,18H,3-5,10-15H2,1-2H3. The van der Waals surface area contributed by atoms with Crippen LogP contribution in [-0.2, 0) is 11.2 Å². The molecule has 1 aliphatic carbocycles. The van der Waals surface area contributed by atoms with E-state index >= 15 is 0 Å². The van der Waals surface area contributed by atoms with Crippen LogP contribution in [0.3, 0.4) is 0 Å². The third kappa shape index (κ3) is 3.06. The Hall–Kier alpha value is -1.31. The number of amides is 1. The van der Waals surface area contributed by atoms with Crippen LogP contribution >= 0.6 is 0 Å². The lowest BCUT2D eigenvalue weighted by Crippen LogP contribution is -2.48. The number of carbonyl (C=O) groups is 1. The molecular weight excluding hydrogens is 270 g/mol. The first-order chi connectivity index (χ1) is 10.6. The van der Waals surface area contributed by atoms with Crippen LogP contribution in [-0.4, -0.2) is 23.9 Å². The van der Waals surface area contributed by atoms with Crippen LogP contribution in [0.1, 0.15) is 69.4 Å². The molecule has 1 heterocycles. The Bertz CT molecular complexity index is 507. The summed E-state index contributed by atoms with van der Waals surface area (Å²) in [5.41, 5.74) is 2.87. The van der Waals surface area contributed by atoms with E-state index in [1.165, 1.54) is 30.4 Å². The van der Waals surface area contributed by atoms with Gasteiger partial charge in [-0.05, 0) is 49.1 Å². The van der Waals surface area contributed by atoms with Gasteiger partial charge in [0.1, 0.15) is 0 Å². The number of carbonyl (C=O) groups excluding carboxylic acids is 1. The number of nitrogens with zero attached hydrogens (tertiary/aromatic N) is 1. The molecule has 0 spiro atoms. The van der Waals surface area contributed by atoms with Crippen molar-refractivity contribution >= 4 is 5.91 Å². The van der Waals surface area contributed by atoms with Crippen LogP contribution in [0.15, 0.2) is 24.3 Å². The summed E-state index contributed by atoms with van der Waals surface area (Å²) in [6.45, 7) is 6.26. The van der Waals surface area contributed by atoms with E-state index in [1.807, 2.05) is 0 Å². The van der Waals surface area contributed by atoms with Gasteiger partial charge in [0.2, 0.25) is 5.91 Å².